The lowest BCUT2D eigenvalue weighted by Crippen LogP contribution is -2.37. The molecule has 0 unspecified atom stereocenters. The zero-order chi connectivity index (χ0) is 19.6. The first-order valence-electron chi connectivity index (χ1n) is 9.91. The zero-order valence-electron chi connectivity index (χ0n) is 16.2. The van der Waals surface area contributed by atoms with E-state index in [4.69, 9.17) is 16.3 Å². The lowest BCUT2D eigenvalue weighted by Gasteiger charge is -2.27. The monoisotopic (exact) mass is 398 g/mol. The van der Waals surface area contributed by atoms with Crippen LogP contribution in [0.1, 0.15) is 30.4 Å². The molecule has 0 spiro atoms. The van der Waals surface area contributed by atoms with Crippen molar-refractivity contribution < 1.29 is 9.84 Å². The van der Waals surface area contributed by atoms with Crippen molar-refractivity contribution in [1.82, 2.24) is 9.88 Å². The van der Waals surface area contributed by atoms with Crippen LogP contribution in [0.4, 0.5) is 0 Å². The van der Waals surface area contributed by atoms with E-state index in [-0.39, 0.29) is 6.61 Å². The number of hydrogen-bond acceptors (Lipinski definition) is 3. The van der Waals surface area contributed by atoms with Crippen molar-refractivity contribution in [3.8, 4) is 5.75 Å². The van der Waals surface area contributed by atoms with Gasteiger partial charge < -0.3 is 14.8 Å². The fourth-order valence-corrected chi connectivity index (χ4v) is 4.10. The summed E-state index contributed by atoms with van der Waals surface area (Å²) in [6.07, 6.45) is 4.36. The number of aromatic amines is 1. The molecule has 1 fully saturated rings. The van der Waals surface area contributed by atoms with E-state index < -0.39 is 5.60 Å². The Hall–Kier alpha value is -2.01. The average molecular weight is 399 g/mol. The Morgan fingerprint density at radius 3 is 2.93 bits per heavy atom. The molecule has 2 N–H and O–H groups in total. The van der Waals surface area contributed by atoms with Crippen LogP contribution in [0.15, 0.2) is 48.7 Å². The number of halogens is 1. The Balaban J connectivity index is 1.36. The molecule has 1 saturated heterocycles. The second-order valence-electron chi connectivity index (χ2n) is 7.98. The zero-order valence-corrected chi connectivity index (χ0v) is 17.0. The molecule has 1 atom stereocenters. The molecule has 0 amide bonds. The third-order valence-electron chi connectivity index (χ3n) is 5.62. The van der Waals surface area contributed by atoms with Gasteiger partial charge in [0.2, 0.25) is 0 Å². The van der Waals surface area contributed by atoms with Crippen molar-refractivity contribution >= 4 is 22.5 Å². The van der Waals surface area contributed by atoms with E-state index in [1.807, 2.05) is 31.3 Å². The molecule has 3 aromatic rings. The second-order valence-corrected chi connectivity index (χ2v) is 8.38. The minimum Gasteiger partial charge on any atom is -0.489 e. The summed E-state index contributed by atoms with van der Waals surface area (Å²) in [6, 6.07) is 14.4. The van der Waals surface area contributed by atoms with Crippen LogP contribution in [-0.2, 0) is 6.54 Å². The van der Waals surface area contributed by atoms with Gasteiger partial charge in [-0.3, -0.25) is 4.90 Å². The quantitative estimate of drug-likeness (QED) is 0.640. The summed E-state index contributed by atoms with van der Waals surface area (Å²) in [6.45, 7) is 5.03. The second kappa shape index (κ2) is 8.16. The van der Waals surface area contributed by atoms with Crippen LogP contribution < -0.4 is 4.74 Å². The highest BCUT2D eigenvalue weighted by atomic mass is 35.5. The Morgan fingerprint density at radius 2 is 2.04 bits per heavy atom. The maximum absolute atomic E-state index is 11.1. The van der Waals surface area contributed by atoms with E-state index in [9.17, 15) is 5.11 Å². The van der Waals surface area contributed by atoms with Gasteiger partial charge in [0.15, 0.2) is 0 Å². The number of aryl methyl sites for hydroxylation is 1. The Kier molecular flexibility index (Phi) is 5.63. The fraction of sp³-hybridized carbons (Fsp3) is 0.391. The van der Waals surface area contributed by atoms with Crippen LogP contribution in [-0.4, -0.2) is 40.3 Å². The lowest BCUT2D eigenvalue weighted by atomic mass is 9.96. The van der Waals surface area contributed by atoms with Crippen molar-refractivity contribution in [1.29, 1.82) is 0 Å². The van der Waals surface area contributed by atoms with Gasteiger partial charge >= 0.3 is 0 Å². The molecular formula is C23H27ClN2O2. The number of benzene rings is 2. The Morgan fingerprint density at radius 1 is 1.14 bits per heavy atom. The molecule has 4 rings (SSSR count). The van der Waals surface area contributed by atoms with E-state index in [1.54, 1.807) is 0 Å². The van der Waals surface area contributed by atoms with Gasteiger partial charge in [-0.15, -0.1) is 0 Å². The standard InChI is InChI=1S/C23H27ClN2O2/c1-17-3-5-20(24)22(13-17)28-16-23(27)8-2-11-26(12-9-23)15-18-4-6-21-19(14-18)7-10-25-21/h3-7,10,13-14,25,27H,2,8-9,11-12,15-16H2,1H3/t23-/m1/s1. The molecule has 2 heterocycles. The van der Waals surface area contributed by atoms with Gasteiger partial charge in [-0.05, 0) is 79.6 Å². The smallest absolute Gasteiger partial charge is 0.138 e. The van der Waals surface area contributed by atoms with E-state index in [0.29, 0.717) is 17.2 Å². The number of rotatable bonds is 5. The number of nitrogens with one attached hydrogen (secondary N) is 1. The first kappa shape index (κ1) is 19.3. The lowest BCUT2D eigenvalue weighted by molar-refractivity contribution is -0.0168. The fourth-order valence-electron chi connectivity index (χ4n) is 3.93. The maximum atomic E-state index is 11.1. The largest absolute Gasteiger partial charge is 0.489 e. The third kappa shape index (κ3) is 4.52. The van der Waals surface area contributed by atoms with Crippen LogP contribution in [0.3, 0.4) is 0 Å². The van der Waals surface area contributed by atoms with Gasteiger partial charge in [-0.25, -0.2) is 0 Å². The predicted octanol–water partition coefficient (Wildman–Crippen LogP) is 4.93. The van der Waals surface area contributed by atoms with Gasteiger partial charge in [-0.1, -0.05) is 23.7 Å². The molecule has 0 radical (unpaired) electrons. The molecular weight excluding hydrogens is 372 g/mol. The average Bonchev–Trinajstić information content (AvgIpc) is 3.07. The van der Waals surface area contributed by atoms with E-state index in [2.05, 4.69) is 34.1 Å². The van der Waals surface area contributed by atoms with Crippen LogP contribution in [0.25, 0.3) is 10.9 Å². The Bertz CT molecular complexity index is 955. The topological polar surface area (TPSA) is 48.5 Å². The molecule has 1 aliphatic heterocycles. The summed E-state index contributed by atoms with van der Waals surface area (Å²) in [5, 5.41) is 12.9. The molecule has 0 bridgehead atoms. The van der Waals surface area contributed by atoms with Crippen LogP contribution in [0.2, 0.25) is 5.02 Å². The van der Waals surface area contributed by atoms with E-state index in [1.165, 1.54) is 16.5 Å². The van der Waals surface area contributed by atoms with Crippen molar-refractivity contribution in [2.45, 2.75) is 38.3 Å². The normalized spacial score (nSPS) is 21.0. The molecule has 148 valence electrons. The molecule has 2 aromatic carbocycles. The summed E-state index contributed by atoms with van der Waals surface area (Å²) < 4.78 is 5.90. The van der Waals surface area contributed by atoms with Crippen LogP contribution in [0.5, 0.6) is 5.75 Å². The van der Waals surface area contributed by atoms with Crippen molar-refractivity contribution in [2.24, 2.45) is 0 Å². The minimum absolute atomic E-state index is 0.277. The van der Waals surface area contributed by atoms with E-state index in [0.717, 1.165) is 38.0 Å². The van der Waals surface area contributed by atoms with Crippen LogP contribution >= 0.6 is 11.6 Å². The first-order chi connectivity index (χ1) is 13.5. The molecule has 0 saturated carbocycles. The van der Waals surface area contributed by atoms with Crippen molar-refractivity contribution in [3.05, 3.63) is 64.8 Å². The highest BCUT2D eigenvalue weighted by molar-refractivity contribution is 6.32. The molecule has 1 aliphatic rings. The highest BCUT2D eigenvalue weighted by Gasteiger charge is 2.31. The summed E-state index contributed by atoms with van der Waals surface area (Å²) in [7, 11) is 0. The summed E-state index contributed by atoms with van der Waals surface area (Å²) in [5.74, 6) is 0.649. The SMILES string of the molecule is Cc1ccc(Cl)c(OC[C@@]2(O)CCCN(Cc3ccc4[nH]ccc4c3)CC2)c1. The van der Waals surface area contributed by atoms with Crippen molar-refractivity contribution in [2.75, 3.05) is 19.7 Å². The first-order valence-corrected chi connectivity index (χ1v) is 10.3. The molecule has 0 aliphatic carbocycles. The third-order valence-corrected chi connectivity index (χ3v) is 5.93. The Labute approximate surface area is 171 Å². The number of aliphatic hydroxyl groups is 1. The number of hydrogen-bond donors (Lipinski definition) is 2. The predicted molar refractivity (Wildman–Crippen MR) is 114 cm³/mol. The summed E-state index contributed by atoms with van der Waals surface area (Å²) in [4.78, 5) is 5.66. The minimum atomic E-state index is -0.813. The number of fused-ring (bicyclic) bond motifs is 1. The van der Waals surface area contributed by atoms with Gasteiger partial charge in [0.25, 0.3) is 0 Å². The number of ether oxygens (including phenoxy) is 1. The van der Waals surface area contributed by atoms with Gasteiger partial charge in [0.1, 0.15) is 12.4 Å². The van der Waals surface area contributed by atoms with Gasteiger partial charge in [0.05, 0.1) is 10.6 Å². The molecule has 1 aromatic heterocycles. The maximum Gasteiger partial charge on any atom is 0.138 e. The van der Waals surface area contributed by atoms with E-state index >= 15 is 0 Å². The summed E-state index contributed by atoms with van der Waals surface area (Å²) in [5.41, 5.74) is 2.76. The number of aromatic nitrogens is 1. The van der Waals surface area contributed by atoms with Crippen LogP contribution in [0, 0.1) is 6.92 Å². The number of likely N-dealkylation sites (tertiary alicyclic amines) is 1. The highest BCUT2D eigenvalue weighted by Crippen LogP contribution is 2.29. The van der Waals surface area contributed by atoms with Gasteiger partial charge in [0, 0.05) is 24.8 Å². The number of H-pyrrole nitrogens is 1. The molecule has 28 heavy (non-hydrogen) atoms. The van der Waals surface area contributed by atoms with Crippen molar-refractivity contribution in [3.63, 3.8) is 0 Å². The number of nitrogens with zero attached hydrogens (tertiary/aromatic N) is 1. The van der Waals surface area contributed by atoms with Gasteiger partial charge in [-0.2, -0.15) is 0 Å². The molecule has 4 nitrogen and oxygen atoms in total. The molecule has 5 heteroatoms. The summed E-state index contributed by atoms with van der Waals surface area (Å²) >= 11 is 6.22.